The van der Waals surface area contributed by atoms with Gasteiger partial charge in [0.15, 0.2) is 0 Å². The molecule has 0 unspecified atom stereocenters. The molecule has 0 amide bonds. The highest BCUT2D eigenvalue weighted by Crippen LogP contribution is 2.30. The Labute approximate surface area is 144 Å². The molecule has 23 heavy (non-hydrogen) atoms. The number of piperazine rings is 1. The molecule has 1 aliphatic heterocycles. The average Bonchev–Trinajstić information content (AvgIpc) is 2.47. The lowest BCUT2D eigenvalue weighted by atomic mass is 10.0. The summed E-state index contributed by atoms with van der Waals surface area (Å²) in [4.78, 5) is 4.19. The van der Waals surface area contributed by atoms with Gasteiger partial charge in [-0.15, -0.1) is 0 Å². The van der Waals surface area contributed by atoms with Crippen LogP contribution in [0.1, 0.15) is 32.3 Å². The minimum Gasteiger partial charge on any atom is -0.368 e. The standard InChI is InChI=1S/C16H26ClN3O2S/c1-4-18-23(21,22)12-19-7-9-20(10-8-19)16-6-5-14(13(2)3)11-15(16)17/h5-6,11,13,18H,4,7-10,12H2,1-3H3. The summed E-state index contributed by atoms with van der Waals surface area (Å²) in [6.07, 6.45) is 0. The van der Waals surface area contributed by atoms with Crippen molar-refractivity contribution in [1.82, 2.24) is 9.62 Å². The molecule has 0 radical (unpaired) electrons. The van der Waals surface area contributed by atoms with Gasteiger partial charge < -0.3 is 4.90 Å². The molecule has 1 aromatic rings. The molecule has 2 rings (SSSR count). The Bertz CT molecular complexity index is 626. The Morgan fingerprint density at radius 1 is 1.22 bits per heavy atom. The fourth-order valence-electron chi connectivity index (χ4n) is 2.76. The van der Waals surface area contributed by atoms with Crippen molar-refractivity contribution < 1.29 is 8.42 Å². The maximum Gasteiger partial charge on any atom is 0.224 e. The van der Waals surface area contributed by atoms with Gasteiger partial charge in [0.05, 0.1) is 10.7 Å². The summed E-state index contributed by atoms with van der Waals surface area (Å²) in [5, 5.41) is 0.768. The first-order valence-electron chi connectivity index (χ1n) is 8.06. The first-order valence-corrected chi connectivity index (χ1v) is 10.1. The molecule has 1 aliphatic rings. The molecule has 0 atom stereocenters. The minimum absolute atomic E-state index is 0.0642. The fraction of sp³-hybridized carbons (Fsp3) is 0.625. The lowest BCUT2D eigenvalue weighted by Gasteiger charge is -2.36. The SMILES string of the molecule is CCNS(=O)(=O)CN1CCN(c2ccc(C(C)C)cc2Cl)CC1. The van der Waals surface area contributed by atoms with E-state index in [2.05, 4.69) is 35.6 Å². The van der Waals surface area contributed by atoms with Gasteiger partial charge in [0.25, 0.3) is 0 Å². The van der Waals surface area contributed by atoms with Crippen LogP contribution in [0.2, 0.25) is 5.02 Å². The number of rotatable bonds is 6. The third-order valence-electron chi connectivity index (χ3n) is 4.07. The maximum atomic E-state index is 11.8. The highest BCUT2D eigenvalue weighted by Gasteiger charge is 2.22. The number of anilines is 1. The van der Waals surface area contributed by atoms with Crippen molar-refractivity contribution in [2.75, 3.05) is 43.5 Å². The van der Waals surface area contributed by atoms with Crippen LogP contribution in [0.3, 0.4) is 0 Å². The van der Waals surface area contributed by atoms with Gasteiger partial charge in [0.2, 0.25) is 10.0 Å². The molecule has 0 saturated carbocycles. The Hall–Kier alpha value is -0.820. The third kappa shape index (κ3) is 5.08. The van der Waals surface area contributed by atoms with Crippen LogP contribution < -0.4 is 9.62 Å². The summed E-state index contributed by atoms with van der Waals surface area (Å²) >= 11 is 6.43. The van der Waals surface area contributed by atoms with Gasteiger partial charge in [-0.1, -0.05) is 38.4 Å². The van der Waals surface area contributed by atoms with E-state index in [1.807, 2.05) is 11.0 Å². The number of sulfonamides is 1. The second kappa shape index (κ2) is 7.83. The smallest absolute Gasteiger partial charge is 0.224 e. The summed E-state index contributed by atoms with van der Waals surface area (Å²) in [6, 6.07) is 6.22. The molecule has 130 valence electrons. The Morgan fingerprint density at radius 2 is 1.87 bits per heavy atom. The van der Waals surface area contributed by atoms with Crippen LogP contribution in [0.5, 0.6) is 0 Å². The number of benzene rings is 1. The molecule has 7 heteroatoms. The summed E-state index contributed by atoms with van der Waals surface area (Å²) in [5.41, 5.74) is 2.26. The zero-order chi connectivity index (χ0) is 17.0. The lowest BCUT2D eigenvalue weighted by molar-refractivity contribution is 0.293. The van der Waals surface area contributed by atoms with E-state index in [1.54, 1.807) is 6.92 Å². The largest absolute Gasteiger partial charge is 0.368 e. The number of halogens is 1. The monoisotopic (exact) mass is 359 g/mol. The van der Waals surface area contributed by atoms with Gasteiger partial charge in [-0.05, 0) is 23.6 Å². The Morgan fingerprint density at radius 3 is 2.39 bits per heavy atom. The molecule has 0 aliphatic carbocycles. The Balaban J connectivity index is 1.97. The first-order chi connectivity index (χ1) is 10.8. The van der Waals surface area contributed by atoms with Gasteiger partial charge in [-0.2, -0.15) is 0 Å². The average molecular weight is 360 g/mol. The molecule has 0 aromatic heterocycles. The predicted octanol–water partition coefficient (Wildman–Crippen LogP) is 2.48. The van der Waals surface area contributed by atoms with Crippen molar-refractivity contribution in [3.05, 3.63) is 28.8 Å². The van der Waals surface area contributed by atoms with Crippen LogP contribution in [-0.2, 0) is 10.0 Å². The zero-order valence-electron chi connectivity index (χ0n) is 14.0. The van der Waals surface area contributed by atoms with Gasteiger partial charge in [0, 0.05) is 32.7 Å². The topological polar surface area (TPSA) is 52.7 Å². The number of hydrogen-bond donors (Lipinski definition) is 1. The predicted molar refractivity (Wildman–Crippen MR) is 96.8 cm³/mol. The van der Waals surface area contributed by atoms with Crippen LogP contribution in [0.15, 0.2) is 18.2 Å². The van der Waals surface area contributed by atoms with Gasteiger partial charge in [-0.25, -0.2) is 13.1 Å². The van der Waals surface area contributed by atoms with E-state index < -0.39 is 10.0 Å². The van der Waals surface area contributed by atoms with E-state index in [-0.39, 0.29) is 5.88 Å². The van der Waals surface area contributed by atoms with Crippen molar-refractivity contribution in [1.29, 1.82) is 0 Å². The van der Waals surface area contributed by atoms with E-state index in [0.29, 0.717) is 25.6 Å². The highest BCUT2D eigenvalue weighted by molar-refractivity contribution is 7.89. The van der Waals surface area contributed by atoms with Crippen LogP contribution in [0.4, 0.5) is 5.69 Å². The second-order valence-corrected chi connectivity index (χ2v) is 8.40. The van der Waals surface area contributed by atoms with Gasteiger partial charge in [0.1, 0.15) is 5.88 Å². The third-order valence-corrected chi connectivity index (χ3v) is 5.80. The molecule has 1 N–H and O–H groups in total. The van der Waals surface area contributed by atoms with Crippen molar-refractivity contribution in [2.45, 2.75) is 26.7 Å². The maximum absolute atomic E-state index is 11.8. The highest BCUT2D eigenvalue weighted by atomic mass is 35.5. The van der Waals surface area contributed by atoms with E-state index in [4.69, 9.17) is 11.6 Å². The van der Waals surface area contributed by atoms with Crippen LogP contribution in [-0.4, -0.2) is 51.9 Å². The van der Waals surface area contributed by atoms with E-state index in [0.717, 1.165) is 23.8 Å². The quantitative estimate of drug-likeness (QED) is 0.847. The Kier molecular flexibility index (Phi) is 6.31. The van der Waals surface area contributed by atoms with Crippen molar-refractivity contribution >= 4 is 27.3 Å². The number of hydrogen-bond acceptors (Lipinski definition) is 4. The van der Waals surface area contributed by atoms with Gasteiger partial charge in [-0.3, -0.25) is 4.90 Å². The molecule has 0 spiro atoms. The van der Waals surface area contributed by atoms with E-state index in [1.165, 1.54) is 5.56 Å². The van der Waals surface area contributed by atoms with E-state index >= 15 is 0 Å². The molecule has 5 nitrogen and oxygen atoms in total. The fourth-order valence-corrected chi connectivity index (χ4v) is 4.34. The molecule has 1 heterocycles. The van der Waals surface area contributed by atoms with Gasteiger partial charge >= 0.3 is 0 Å². The zero-order valence-corrected chi connectivity index (χ0v) is 15.6. The lowest BCUT2D eigenvalue weighted by Crippen LogP contribution is -2.49. The molecule has 1 fully saturated rings. The minimum atomic E-state index is -3.21. The van der Waals surface area contributed by atoms with Crippen molar-refractivity contribution in [3.63, 3.8) is 0 Å². The molecule has 1 aromatic carbocycles. The summed E-state index contributed by atoms with van der Waals surface area (Å²) in [6.45, 7) is 9.51. The van der Waals surface area contributed by atoms with Crippen LogP contribution in [0.25, 0.3) is 0 Å². The molecular formula is C16H26ClN3O2S. The number of nitrogens with zero attached hydrogens (tertiary/aromatic N) is 2. The molecule has 0 bridgehead atoms. The summed E-state index contributed by atoms with van der Waals surface area (Å²) in [5.74, 6) is 0.518. The van der Waals surface area contributed by atoms with Crippen LogP contribution in [0, 0.1) is 0 Å². The number of nitrogens with one attached hydrogen (secondary N) is 1. The van der Waals surface area contributed by atoms with Crippen LogP contribution >= 0.6 is 11.6 Å². The second-order valence-electron chi connectivity index (χ2n) is 6.21. The molecular weight excluding hydrogens is 334 g/mol. The van der Waals surface area contributed by atoms with E-state index in [9.17, 15) is 8.42 Å². The van der Waals surface area contributed by atoms with Crippen molar-refractivity contribution in [2.24, 2.45) is 0 Å². The summed E-state index contributed by atoms with van der Waals surface area (Å²) in [7, 11) is -3.21. The molecule has 1 saturated heterocycles. The normalized spacial score (nSPS) is 17.0. The summed E-state index contributed by atoms with van der Waals surface area (Å²) < 4.78 is 26.2. The van der Waals surface area contributed by atoms with Crippen molar-refractivity contribution in [3.8, 4) is 0 Å². The first kappa shape index (κ1) is 18.5.